The minimum Gasteiger partial charge on any atom is -0.370 e. The summed E-state index contributed by atoms with van der Waals surface area (Å²) in [5, 5.41) is 0. The Hall–Kier alpha value is -1.16. The van der Waals surface area contributed by atoms with Gasteiger partial charge in [0.05, 0.1) is 0 Å². The van der Waals surface area contributed by atoms with E-state index >= 15 is 0 Å². The quantitative estimate of drug-likeness (QED) is 0.777. The van der Waals surface area contributed by atoms with Gasteiger partial charge in [-0.15, -0.1) is 0 Å². The molecule has 0 aliphatic heterocycles. The van der Waals surface area contributed by atoms with Gasteiger partial charge in [-0.25, -0.2) is 8.78 Å². The Bertz CT molecular complexity index is 343. The van der Waals surface area contributed by atoms with Crippen molar-refractivity contribution in [2.24, 2.45) is 5.73 Å². The molecule has 0 aromatic heterocycles. The van der Waals surface area contributed by atoms with Gasteiger partial charge in [-0.3, -0.25) is 0 Å². The molecule has 0 aliphatic carbocycles. The molecular weight excluding hydrogens is 222 g/mol. The number of unbranched alkanes of at least 4 members (excludes halogenated alkanes) is 2. The van der Waals surface area contributed by atoms with E-state index in [4.69, 9.17) is 5.73 Å². The SMILES string of the molecule is CCCCCN(C)c1c(F)cc(CN)cc1F. The molecule has 2 nitrogen and oxygen atoms in total. The van der Waals surface area contributed by atoms with Crippen molar-refractivity contribution >= 4 is 5.69 Å². The lowest BCUT2D eigenvalue weighted by Crippen LogP contribution is -2.21. The first kappa shape index (κ1) is 13.9. The smallest absolute Gasteiger partial charge is 0.149 e. The third kappa shape index (κ3) is 3.66. The van der Waals surface area contributed by atoms with Crippen molar-refractivity contribution in [2.45, 2.75) is 32.7 Å². The molecule has 0 heterocycles. The number of hydrogen-bond acceptors (Lipinski definition) is 2. The summed E-state index contributed by atoms with van der Waals surface area (Å²) in [4.78, 5) is 1.63. The molecule has 0 radical (unpaired) electrons. The number of nitrogens with zero attached hydrogens (tertiary/aromatic N) is 1. The predicted molar refractivity (Wildman–Crippen MR) is 67.0 cm³/mol. The lowest BCUT2D eigenvalue weighted by atomic mass is 10.1. The van der Waals surface area contributed by atoms with E-state index in [9.17, 15) is 8.78 Å². The number of nitrogens with two attached hydrogens (primary N) is 1. The maximum atomic E-state index is 13.7. The van der Waals surface area contributed by atoms with Crippen LogP contribution in [0.2, 0.25) is 0 Å². The van der Waals surface area contributed by atoms with Gasteiger partial charge in [0.15, 0.2) is 0 Å². The highest BCUT2D eigenvalue weighted by Crippen LogP contribution is 2.24. The van der Waals surface area contributed by atoms with Crippen LogP contribution in [0.15, 0.2) is 12.1 Å². The Morgan fingerprint density at radius 3 is 2.24 bits per heavy atom. The van der Waals surface area contributed by atoms with Crippen molar-refractivity contribution in [1.82, 2.24) is 0 Å². The third-order valence-corrected chi connectivity index (χ3v) is 2.79. The van der Waals surface area contributed by atoms with Crippen LogP contribution in [-0.2, 0) is 6.54 Å². The second-order valence-electron chi connectivity index (χ2n) is 4.24. The fraction of sp³-hybridized carbons (Fsp3) is 0.538. The second-order valence-corrected chi connectivity index (χ2v) is 4.24. The normalized spacial score (nSPS) is 10.6. The first-order valence-electron chi connectivity index (χ1n) is 5.99. The van der Waals surface area contributed by atoms with E-state index in [1.54, 1.807) is 11.9 Å². The van der Waals surface area contributed by atoms with E-state index < -0.39 is 11.6 Å². The second kappa shape index (κ2) is 6.55. The number of halogens is 2. The summed E-state index contributed by atoms with van der Waals surface area (Å²) in [5.74, 6) is -1.08. The van der Waals surface area contributed by atoms with E-state index in [0.717, 1.165) is 19.3 Å². The van der Waals surface area contributed by atoms with Crippen LogP contribution in [-0.4, -0.2) is 13.6 Å². The molecule has 0 spiro atoms. The molecule has 0 saturated heterocycles. The van der Waals surface area contributed by atoms with Gasteiger partial charge in [-0.05, 0) is 24.1 Å². The summed E-state index contributed by atoms with van der Waals surface area (Å²) in [6, 6.07) is 2.60. The van der Waals surface area contributed by atoms with Gasteiger partial charge in [-0.1, -0.05) is 19.8 Å². The van der Waals surface area contributed by atoms with Crippen LogP contribution in [0.1, 0.15) is 31.7 Å². The van der Waals surface area contributed by atoms with Gasteiger partial charge in [-0.2, -0.15) is 0 Å². The van der Waals surface area contributed by atoms with E-state index in [0.29, 0.717) is 12.1 Å². The van der Waals surface area contributed by atoms with Gasteiger partial charge in [0.2, 0.25) is 0 Å². The molecule has 0 saturated carbocycles. The fourth-order valence-electron chi connectivity index (χ4n) is 1.81. The average molecular weight is 242 g/mol. The molecule has 96 valence electrons. The molecule has 1 rings (SSSR count). The van der Waals surface area contributed by atoms with Crippen molar-refractivity contribution < 1.29 is 8.78 Å². The molecule has 17 heavy (non-hydrogen) atoms. The summed E-state index contributed by atoms with van der Waals surface area (Å²) in [5.41, 5.74) is 5.88. The number of rotatable bonds is 6. The zero-order valence-corrected chi connectivity index (χ0v) is 10.5. The molecule has 1 aromatic carbocycles. The van der Waals surface area contributed by atoms with Crippen LogP contribution in [0, 0.1) is 11.6 Å². The molecule has 1 aromatic rings. The van der Waals surface area contributed by atoms with E-state index in [2.05, 4.69) is 6.92 Å². The summed E-state index contributed by atoms with van der Waals surface area (Å²) >= 11 is 0. The van der Waals surface area contributed by atoms with E-state index in [1.165, 1.54) is 12.1 Å². The lowest BCUT2D eigenvalue weighted by molar-refractivity contribution is 0.569. The Labute approximate surface area is 101 Å². The standard InChI is InChI=1S/C13H20F2N2/c1-3-4-5-6-17(2)13-11(14)7-10(9-16)8-12(13)15/h7-8H,3-6,9,16H2,1-2H3. The molecule has 0 atom stereocenters. The van der Waals surface area contributed by atoms with Crippen molar-refractivity contribution in [2.75, 3.05) is 18.5 Å². The number of anilines is 1. The fourth-order valence-corrected chi connectivity index (χ4v) is 1.81. The van der Waals surface area contributed by atoms with Crippen LogP contribution < -0.4 is 10.6 Å². The van der Waals surface area contributed by atoms with Gasteiger partial charge < -0.3 is 10.6 Å². The van der Waals surface area contributed by atoms with Crippen molar-refractivity contribution in [3.8, 4) is 0 Å². The van der Waals surface area contributed by atoms with Crippen molar-refractivity contribution in [3.05, 3.63) is 29.3 Å². The van der Waals surface area contributed by atoms with E-state index in [1.807, 2.05) is 0 Å². The molecule has 0 amide bonds. The molecule has 0 unspecified atom stereocenters. The topological polar surface area (TPSA) is 29.3 Å². The predicted octanol–water partition coefficient (Wildman–Crippen LogP) is 3.05. The van der Waals surface area contributed by atoms with Crippen LogP contribution in [0.3, 0.4) is 0 Å². The summed E-state index contributed by atoms with van der Waals surface area (Å²) in [6.07, 6.45) is 3.09. The largest absolute Gasteiger partial charge is 0.370 e. The maximum Gasteiger partial charge on any atom is 0.149 e. The zero-order valence-electron chi connectivity index (χ0n) is 10.5. The molecule has 0 bridgehead atoms. The molecule has 2 N–H and O–H groups in total. The van der Waals surface area contributed by atoms with Crippen molar-refractivity contribution in [3.63, 3.8) is 0 Å². The molecule has 4 heteroatoms. The van der Waals surface area contributed by atoms with Gasteiger partial charge in [0.1, 0.15) is 17.3 Å². The highest BCUT2D eigenvalue weighted by atomic mass is 19.1. The Morgan fingerprint density at radius 2 is 1.76 bits per heavy atom. The first-order valence-corrected chi connectivity index (χ1v) is 5.99. The Morgan fingerprint density at radius 1 is 1.18 bits per heavy atom. The van der Waals surface area contributed by atoms with Gasteiger partial charge >= 0.3 is 0 Å². The van der Waals surface area contributed by atoms with Crippen LogP contribution >= 0.6 is 0 Å². The lowest BCUT2D eigenvalue weighted by Gasteiger charge is -2.21. The third-order valence-electron chi connectivity index (χ3n) is 2.79. The average Bonchev–Trinajstić information content (AvgIpc) is 2.28. The molecule has 0 fully saturated rings. The summed E-state index contributed by atoms with van der Waals surface area (Å²) < 4.78 is 27.4. The van der Waals surface area contributed by atoms with Gasteiger partial charge in [0, 0.05) is 20.1 Å². The molecule has 0 aliphatic rings. The number of benzene rings is 1. The van der Waals surface area contributed by atoms with Crippen LogP contribution in [0.4, 0.5) is 14.5 Å². The zero-order chi connectivity index (χ0) is 12.8. The monoisotopic (exact) mass is 242 g/mol. The maximum absolute atomic E-state index is 13.7. The van der Waals surface area contributed by atoms with Crippen LogP contribution in [0.25, 0.3) is 0 Å². The highest BCUT2D eigenvalue weighted by Gasteiger charge is 2.14. The Kier molecular flexibility index (Phi) is 5.35. The van der Waals surface area contributed by atoms with Gasteiger partial charge in [0.25, 0.3) is 0 Å². The first-order chi connectivity index (χ1) is 8.10. The minimum absolute atomic E-state index is 0.0401. The van der Waals surface area contributed by atoms with Crippen LogP contribution in [0.5, 0.6) is 0 Å². The minimum atomic E-state index is -0.538. The summed E-state index contributed by atoms with van der Waals surface area (Å²) in [6.45, 7) is 2.90. The summed E-state index contributed by atoms with van der Waals surface area (Å²) in [7, 11) is 1.71. The van der Waals surface area contributed by atoms with Crippen molar-refractivity contribution in [1.29, 1.82) is 0 Å². The highest BCUT2D eigenvalue weighted by molar-refractivity contribution is 5.50. The van der Waals surface area contributed by atoms with E-state index in [-0.39, 0.29) is 12.2 Å². The molecular formula is C13H20F2N2. The Balaban J connectivity index is 2.82. The number of hydrogen-bond donors (Lipinski definition) is 1.